The van der Waals surface area contributed by atoms with E-state index in [0.717, 1.165) is 6.42 Å². The topological polar surface area (TPSA) is 49.8 Å². The van der Waals surface area contributed by atoms with Crippen molar-refractivity contribution >= 4 is 5.91 Å². The van der Waals surface area contributed by atoms with Gasteiger partial charge in [0.05, 0.1) is 6.10 Å². The summed E-state index contributed by atoms with van der Waals surface area (Å²) >= 11 is 0. The Morgan fingerprint density at radius 3 is 2.77 bits per heavy atom. The smallest absolute Gasteiger partial charge is 0.222 e. The van der Waals surface area contributed by atoms with Crippen LogP contribution in [0.5, 0.6) is 0 Å². The molecule has 1 aliphatic heterocycles. The van der Waals surface area contributed by atoms with Crippen molar-refractivity contribution < 1.29 is 14.6 Å². The molecule has 1 fully saturated rings. The first-order chi connectivity index (χ1) is 6.13. The summed E-state index contributed by atoms with van der Waals surface area (Å²) in [5, 5.41) is 9.08. The molecule has 1 rings (SSSR count). The van der Waals surface area contributed by atoms with E-state index in [0.29, 0.717) is 19.4 Å². The van der Waals surface area contributed by atoms with Gasteiger partial charge in [0.1, 0.15) is 0 Å². The van der Waals surface area contributed by atoms with Crippen LogP contribution in [0, 0.1) is 0 Å². The molecule has 0 saturated carbocycles. The number of nitrogens with zero attached hydrogens (tertiary/aromatic N) is 1. The number of amides is 1. The zero-order valence-corrected chi connectivity index (χ0v) is 8.19. The molecule has 0 bridgehead atoms. The molecule has 4 nitrogen and oxygen atoms in total. The lowest BCUT2D eigenvalue weighted by Gasteiger charge is -2.20. The fraction of sp³-hybridized carbons (Fsp3) is 0.889. The van der Waals surface area contributed by atoms with Crippen molar-refractivity contribution in [1.29, 1.82) is 0 Å². The van der Waals surface area contributed by atoms with E-state index < -0.39 is 6.29 Å². The second kappa shape index (κ2) is 4.58. The van der Waals surface area contributed by atoms with Crippen molar-refractivity contribution in [3.8, 4) is 0 Å². The number of hydrogen-bond donors (Lipinski definition) is 1. The largest absolute Gasteiger partial charge is 0.368 e. The zero-order valence-electron chi connectivity index (χ0n) is 8.19. The van der Waals surface area contributed by atoms with Crippen LogP contribution in [0.1, 0.15) is 26.2 Å². The van der Waals surface area contributed by atoms with Crippen LogP contribution in [0.15, 0.2) is 0 Å². The van der Waals surface area contributed by atoms with E-state index in [2.05, 4.69) is 0 Å². The molecule has 1 aliphatic rings. The molecule has 0 aromatic heterocycles. The van der Waals surface area contributed by atoms with Crippen molar-refractivity contribution in [3.05, 3.63) is 0 Å². The van der Waals surface area contributed by atoms with Crippen LogP contribution in [0.25, 0.3) is 0 Å². The second-order valence-corrected chi connectivity index (χ2v) is 3.42. The van der Waals surface area contributed by atoms with Crippen LogP contribution in [-0.2, 0) is 9.53 Å². The lowest BCUT2D eigenvalue weighted by Crippen LogP contribution is -2.33. The molecular weight excluding hydrogens is 170 g/mol. The molecule has 1 heterocycles. The number of rotatable bonds is 3. The third-order valence-corrected chi connectivity index (χ3v) is 2.29. The van der Waals surface area contributed by atoms with Gasteiger partial charge in [-0.3, -0.25) is 4.79 Å². The maximum Gasteiger partial charge on any atom is 0.222 e. The van der Waals surface area contributed by atoms with Crippen LogP contribution >= 0.6 is 0 Å². The molecule has 0 aromatic rings. The first-order valence-corrected chi connectivity index (χ1v) is 4.71. The lowest BCUT2D eigenvalue weighted by atomic mass is 10.2. The van der Waals surface area contributed by atoms with Gasteiger partial charge in [-0.2, -0.15) is 0 Å². The molecule has 0 spiro atoms. The molecule has 76 valence electrons. The standard InChI is InChI=1S/C9H17NO3/c1-3-8(11)10(2)6-7-4-5-9(12)13-7/h7,9,12H,3-6H2,1-2H3. The van der Waals surface area contributed by atoms with E-state index >= 15 is 0 Å². The Labute approximate surface area is 78.5 Å². The van der Waals surface area contributed by atoms with Gasteiger partial charge in [-0.05, 0) is 6.42 Å². The van der Waals surface area contributed by atoms with Crippen LogP contribution in [-0.4, -0.2) is 41.9 Å². The number of aliphatic hydroxyl groups is 1. The van der Waals surface area contributed by atoms with Crippen molar-refractivity contribution in [2.75, 3.05) is 13.6 Å². The molecule has 2 atom stereocenters. The van der Waals surface area contributed by atoms with E-state index in [1.54, 1.807) is 11.9 Å². The van der Waals surface area contributed by atoms with Crippen molar-refractivity contribution in [3.63, 3.8) is 0 Å². The second-order valence-electron chi connectivity index (χ2n) is 3.42. The van der Waals surface area contributed by atoms with E-state index in [1.807, 2.05) is 6.92 Å². The summed E-state index contributed by atoms with van der Waals surface area (Å²) in [6.45, 7) is 2.42. The normalized spacial score (nSPS) is 27.6. The number of likely N-dealkylation sites (N-methyl/N-ethyl adjacent to an activating group) is 1. The lowest BCUT2D eigenvalue weighted by molar-refractivity contribution is -0.134. The van der Waals surface area contributed by atoms with Crippen LogP contribution in [0.2, 0.25) is 0 Å². The monoisotopic (exact) mass is 187 g/mol. The van der Waals surface area contributed by atoms with Crippen LogP contribution in [0.4, 0.5) is 0 Å². The Bertz CT molecular complexity index is 184. The van der Waals surface area contributed by atoms with E-state index in [1.165, 1.54) is 0 Å². The Hall–Kier alpha value is -0.610. The van der Waals surface area contributed by atoms with E-state index in [-0.39, 0.29) is 12.0 Å². The average molecular weight is 187 g/mol. The SMILES string of the molecule is CCC(=O)N(C)CC1CCC(O)O1. The number of aliphatic hydroxyl groups excluding tert-OH is 1. The first-order valence-electron chi connectivity index (χ1n) is 4.71. The summed E-state index contributed by atoms with van der Waals surface area (Å²) in [4.78, 5) is 12.8. The molecule has 1 amide bonds. The number of carbonyl (C=O) groups excluding carboxylic acids is 1. The highest BCUT2D eigenvalue weighted by atomic mass is 16.6. The third-order valence-electron chi connectivity index (χ3n) is 2.29. The molecular formula is C9H17NO3. The van der Waals surface area contributed by atoms with Crippen LogP contribution in [0.3, 0.4) is 0 Å². The van der Waals surface area contributed by atoms with Crippen molar-refractivity contribution in [1.82, 2.24) is 4.90 Å². The van der Waals surface area contributed by atoms with E-state index in [9.17, 15) is 4.79 Å². The van der Waals surface area contributed by atoms with Crippen molar-refractivity contribution in [2.24, 2.45) is 0 Å². The maximum absolute atomic E-state index is 11.2. The number of carbonyl (C=O) groups is 1. The van der Waals surface area contributed by atoms with Gasteiger partial charge in [0.2, 0.25) is 5.91 Å². The van der Waals surface area contributed by atoms with Gasteiger partial charge in [-0.15, -0.1) is 0 Å². The van der Waals surface area contributed by atoms with Gasteiger partial charge < -0.3 is 14.7 Å². The summed E-state index contributed by atoms with van der Waals surface area (Å²) in [6.07, 6.45) is 1.42. The maximum atomic E-state index is 11.2. The fourth-order valence-electron chi connectivity index (χ4n) is 1.50. The van der Waals surface area contributed by atoms with Crippen LogP contribution < -0.4 is 0 Å². The van der Waals surface area contributed by atoms with Gasteiger partial charge >= 0.3 is 0 Å². The Kier molecular flexibility index (Phi) is 3.69. The molecule has 0 aliphatic carbocycles. The Morgan fingerprint density at radius 2 is 2.31 bits per heavy atom. The molecule has 1 saturated heterocycles. The Morgan fingerprint density at radius 1 is 1.62 bits per heavy atom. The van der Waals surface area contributed by atoms with Gasteiger partial charge in [-0.1, -0.05) is 6.92 Å². The molecule has 1 N–H and O–H groups in total. The van der Waals surface area contributed by atoms with Gasteiger partial charge in [-0.25, -0.2) is 0 Å². The first kappa shape index (κ1) is 10.5. The fourth-order valence-corrected chi connectivity index (χ4v) is 1.50. The summed E-state index contributed by atoms with van der Waals surface area (Å²) in [6, 6.07) is 0. The minimum Gasteiger partial charge on any atom is -0.368 e. The minimum absolute atomic E-state index is 0.00972. The molecule has 0 aromatic carbocycles. The summed E-state index contributed by atoms with van der Waals surface area (Å²) in [5.41, 5.74) is 0. The zero-order chi connectivity index (χ0) is 9.84. The van der Waals surface area contributed by atoms with Gasteiger partial charge in [0.15, 0.2) is 6.29 Å². The van der Waals surface area contributed by atoms with Crippen molar-refractivity contribution in [2.45, 2.75) is 38.6 Å². The van der Waals surface area contributed by atoms with Gasteiger partial charge in [0, 0.05) is 26.4 Å². The average Bonchev–Trinajstić information content (AvgIpc) is 2.49. The minimum atomic E-state index is -0.630. The number of hydrogen-bond acceptors (Lipinski definition) is 3. The predicted molar refractivity (Wildman–Crippen MR) is 48.0 cm³/mol. The molecule has 2 unspecified atom stereocenters. The summed E-state index contributed by atoms with van der Waals surface area (Å²) in [5.74, 6) is 0.116. The van der Waals surface area contributed by atoms with E-state index in [4.69, 9.17) is 9.84 Å². The number of ether oxygens (including phenoxy) is 1. The highest BCUT2D eigenvalue weighted by Crippen LogP contribution is 2.18. The van der Waals surface area contributed by atoms with Gasteiger partial charge in [0.25, 0.3) is 0 Å². The predicted octanol–water partition coefficient (Wildman–Crippen LogP) is 0.352. The quantitative estimate of drug-likeness (QED) is 0.693. The molecule has 13 heavy (non-hydrogen) atoms. The molecule has 0 radical (unpaired) electrons. The molecule has 4 heteroatoms. The highest BCUT2D eigenvalue weighted by Gasteiger charge is 2.25. The summed E-state index contributed by atoms with van der Waals surface area (Å²) < 4.78 is 5.19. The Balaban J connectivity index is 2.28. The highest BCUT2D eigenvalue weighted by molar-refractivity contribution is 5.75. The summed E-state index contributed by atoms with van der Waals surface area (Å²) in [7, 11) is 1.76. The third kappa shape index (κ3) is 2.97.